The largest absolute Gasteiger partial charge is 0.390 e. The molecule has 4 rings (SSSR count). The number of fused-ring (bicyclic) bond motifs is 5. The molecule has 0 aromatic heterocycles. The van der Waals surface area contributed by atoms with Gasteiger partial charge in [0.15, 0.2) is 17.7 Å². The summed E-state index contributed by atoms with van der Waals surface area (Å²) < 4.78 is 32.1. The van der Waals surface area contributed by atoms with E-state index in [1.807, 2.05) is 0 Å². The number of aliphatic hydroxyl groups is 2. The first-order chi connectivity index (χ1) is 13.4. The normalized spacial score (nSPS) is 53.6. The quantitative estimate of drug-likeness (QED) is 0.539. The highest BCUT2D eigenvalue weighted by Crippen LogP contribution is 2.70. The molecule has 0 spiro atoms. The Labute approximate surface area is 167 Å². The van der Waals surface area contributed by atoms with Crippen molar-refractivity contribution >= 4 is 17.9 Å². The molecule has 7 heteroatoms. The molecule has 0 unspecified atom stereocenters. The molecule has 2 N–H and O–H groups in total. The van der Waals surface area contributed by atoms with Crippen LogP contribution in [0.15, 0.2) is 23.8 Å². The fourth-order valence-electron chi connectivity index (χ4n) is 7.15. The summed E-state index contributed by atoms with van der Waals surface area (Å²) in [5.41, 5.74) is -7.06. The molecule has 0 bridgehead atoms. The van der Waals surface area contributed by atoms with Crippen LogP contribution in [0.25, 0.3) is 0 Å². The predicted molar refractivity (Wildman–Crippen MR) is 99.2 cm³/mol. The second kappa shape index (κ2) is 5.91. The van der Waals surface area contributed by atoms with Crippen LogP contribution in [0.5, 0.6) is 0 Å². The molecule has 3 saturated carbocycles. The van der Waals surface area contributed by atoms with Crippen molar-refractivity contribution in [2.24, 2.45) is 28.6 Å². The molecular formula is C22H26F2O5. The van der Waals surface area contributed by atoms with Crippen LogP contribution in [-0.4, -0.2) is 51.6 Å². The van der Waals surface area contributed by atoms with Crippen LogP contribution in [-0.2, 0) is 14.4 Å². The molecule has 3 fully saturated rings. The first-order valence-corrected chi connectivity index (χ1v) is 10.1. The van der Waals surface area contributed by atoms with Crippen LogP contribution in [0.2, 0.25) is 0 Å². The average molecular weight is 408 g/mol. The van der Waals surface area contributed by atoms with Gasteiger partial charge in [0.2, 0.25) is 5.78 Å². The summed E-state index contributed by atoms with van der Waals surface area (Å²) in [5, 5.41) is 22.3. The molecular weight excluding hydrogens is 382 g/mol. The molecule has 0 amide bonds. The van der Waals surface area contributed by atoms with Crippen molar-refractivity contribution < 1.29 is 33.4 Å². The van der Waals surface area contributed by atoms with Gasteiger partial charge >= 0.3 is 0 Å². The van der Waals surface area contributed by atoms with Gasteiger partial charge in [-0.15, -0.1) is 0 Å². The Morgan fingerprint density at radius 2 is 1.93 bits per heavy atom. The molecule has 0 radical (unpaired) electrons. The highest BCUT2D eigenvalue weighted by molar-refractivity contribution is 6.29. The van der Waals surface area contributed by atoms with Gasteiger partial charge in [-0.25, -0.2) is 8.78 Å². The highest BCUT2D eigenvalue weighted by Gasteiger charge is 2.76. The Hall–Kier alpha value is -1.73. The monoisotopic (exact) mass is 408 g/mol. The van der Waals surface area contributed by atoms with Crippen molar-refractivity contribution in [3.63, 3.8) is 0 Å². The number of halogens is 2. The summed E-state index contributed by atoms with van der Waals surface area (Å²) in [5.74, 6) is -3.64. The van der Waals surface area contributed by atoms with Crippen LogP contribution >= 0.6 is 0 Å². The average Bonchev–Trinajstić information content (AvgIpc) is 2.86. The lowest BCUT2D eigenvalue weighted by atomic mass is 9.44. The number of carbonyl (C=O) groups is 3. The van der Waals surface area contributed by atoms with E-state index >= 15 is 8.78 Å². The minimum atomic E-state index is -2.27. The Balaban J connectivity index is 1.88. The lowest BCUT2D eigenvalue weighted by molar-refractivity contribution is -0.222. The highest BCUT2D eigenvalue weighted by atomic mass is 19.1. The zero-order valence-corrected chi connectivity index (χ0v) is 16.7. The molecule has 158 valence electrons. The zero-order valence-electron chi connectivity index (χ0n) is 16.7. The van der Waals surface area contributed by atoms with E-state index in [1.54, 1.807) is 13.8 Å². The summed E-state index contributed by atoms with van der Waals surface area (Å²) in [6.45, 7) is 4.71. The SMILES string of the molecule is C[C@H]1C[C@@H]2[C@@H]3C[C@@H](F)C4=CC(=O)C=C[C@]4(C)[C@]3(F)[C@@H](O)C[C@]2(C)[C@]1(O)C(=O)C=O. The first kappa shape index (κ1) is 20.5. The van der Waals surface area contributed by atoms with E-state index in [9.17, 15) is 24.6 Å². The number of alkyl halides is 2. The Morgan fingerprint density at radius 3 is 2.55 bits per heavy atom. The van der Waals surface area contributed by atoms with Crippen LogP contribution < -0.4 is 0 Å². The van der Waals surface area contributed by atoms with Gasteiger partial charge in [0.25, 0.3) is 0 Å². The summed E-state index contributed by atoms with van der Waals surface area (Å²) >= 11 is 0. The summed E-state index contributed by atoms with van der Waals surface area (Å²) in [7, 11) is 0. The van der Waals surface area contributed by atoms with Gasteiger partial charge in [0.1, 0.15) is 11.8 Å². The maximum Gasteiger partial charge on any atom is 0.227 e. The van der Waals surface area contributed by atoms with Crippen molar-refractivity contribution in [3.05, 3.63) is 23.8 Å². The number of hydrogen-bond acceptors (Lipinski definition) is 5. The van der Waals surface area contributed by atoms with E-state index in [-0.39, 0.29) is 31.1 Å². The van der Waals surface area contributed by atoms with Crippen LogP contribution in [0.1, 0.15) is 40.0 Å². The zero-order chi connectivity index (χ0) is 21.6. The molecule has 0 aromatic rings. The van der Waals surface area contributed by atoms with E-state index in [4.69, 9.17) is 0 Å². The van der Waals surface area contributed by atoms with Gasteiger partial charge in [-0.3, -0.25) is 14.4 Å². The Bertz CT molecular complexity index is 867. The number of hydrogen-bond donors (Lipinski definition) is 2. The number of carbonyl (C=O) groups excluding carboxylic acids is 3. The first-order valence-electron chi connectivity index (χ1n) is 10.1. The summed E-state index contributed by atoms with van der Waals surface area (Å²) in [6.07, 6.45) is 0.282. The third kappa shape index (κ3) is 2.13. The van der Waals surface area contributed by atoms with E-state index in [0.29, 0.717) is 0 Å². The van der Waals surface area contributed by atoms with E-state index < -0.39 is 63.7 Å². The smallest absolute Gasteiger partial charge is 0.227 e. The minimum Gasteiger partial charge on any atom is -0.390 e. The van der Waals surface area contributed by atoms with Gasteiger partial charge in [-0.1, -0.05) is 19.9 Å². The molecule has 0 saturated heterocycles. The van der Waals surface area contributed by atoms with Crippen molar-refractivity contribution in [2.75, 3.05) is 0 Å². The van der Waals surface area contributed by atoms with Crippen LogP contribution in [0, 0.1) is 28.6 Å². The summed E-state index contributed by atoms with van der Waals surface area (Å²) in [4.78, 5) is 35.5. The Kier molecular flexibility index (Phi) is 4.19. The number of rotatable bonds is 2. The predicted octanol–water partition coefficient (Wildman–Crippen LogP) is 2.05. The minimum absolute atomic E-state index is 0.0247. The number of ketones is 2. The standard InChI is InChI=1S/C22H26F2O5/c1-11-6-13-14-8-16(23)15-7-12(26)4-5-19(15,2)21(14,24)17(27)9-20(13,3)22(11,29)18(28)10-25/h4-5,7,10-11,13-14,16-17,27,29H,6,8-9H2,1-3H3/t11-,13+,14-,16+,17-,19-,20-,21+,22+/m0/s1. The molecule has 29 heavy (non-hydrogen) atoms. The number of aliphatic hydroxyl groups excluding tert-OH is 1. The number of allylic oxidation sites excluding steroid dienone is 4. The second-order valence-corrected chi connectivity index (χ2v) is 9.74. The van der Waals surface area contributed by atoms with Gasteiger partial charge in [-0.2, -0.15) is 0 Å². The van der Waals surface area contributed by atoms with Crippen LogP contribution in [0.4, 0.5) is 8.78 Å². The molecule has 4 aliphatic rings. The molecule has 0 heterocycles. The maximum absolute atomic E-state index is 16.8. The lowest BCUT2D eigenvalue weighted by Gasteiger charge is -2.62. The molecule has 5 nitrogen and oxygen atoms in total. The molecule has 9 atom stereocenters. The molecule has 4 aliphatic carbocycles. The topological polar surface area (TPSA) is 91.7 Å². The van der Waals surface area contributed by atoms with Gasteiger partial charge in [0, 0.05) is 16.7 Å². The van der Waals surface area contributed by atoms with Crippen molar-refractivity contribution in [3.8, 4) is 0 Å². The maximum atomic E-state index is 16.8. The van der Waals surface area contributed by atoms with Gasteiger partial charge in [-0.05, 0) is 55.7 Å². The second-order valence-electron chi connectivity index (χ2n) is 9.74. The lowest BCUT2D eigenvalue weighted by Crippen LogP contribution is -2.70. The fourth-order valence-corrected chi connectivity index (χ4v) is 7.15. The van der Waals surface area contributed by atoms with Crippen molar-refractivity contribution in [1.82, 2.24) is 0 Å². The van der Waals surface area contributed by atoms with Gasteiger partial charge in [0.05, 0.1) is 6.10 Å². The molecule has 0 aliphatic heterocycles. The third-order valence-electron chi connectivity index (χ3n) is 8.69. The van der Waals surface area contributed by atoms with E-state index in [0.717, 1.165) is 6.08 Å². The summed E-state index contributed by atoms with van der Waals surface area (Å²) in [6, 6.07) is 0. The van der Waals surface area contributed by atoms with Crippen molar-refractivity contribution in [1.29, 1.82) is 0 Å². The van der Waals surface area contributed by atoms with E-state index in [1.165, 1.54) is 19.1 Å². The molecule has 0 aromatic carbocycles. The third-order valence-corrected chi connectivity index (χ3v) is 8.69. The van der Waals surface area contributed by atoms with Crippen molar-refractivity contribution in [2.45, 2.75) is 63.6 Å². The Morgan fingerprint density at radius 1 is 1.28 bits per heavy atom. The van der Waals surface area contributed by atoms with E-state index in [2.05, 4.69) is 0 Å². The van der Waals surface area contributed by atoms with Gasteiger partial charge < -0.3 is 10.2 Å². The number of aldehydes is 1. The fraction of sp³-hybridized carbons (Fsp3) is 0.682. The number of Topliss-reactive ketones (excluding diaryl/α,β-unsaturated/α-hetero) is 1. The van der Waals surface area contributed by atoms with Crippen LogP contribution in [0.3, 0.4) is 0 Å².